The number of piperidine rings is 1. The highest BCUT2D eigenvalue weighted by Gasteiger charge is 2.44. The zero-order valence-electron chi connectivity index (χ0n) is 22.4. The number of aliphatic hydroxyl groups excluding tert-OH is 1. The second kappa shape index (κ2) is 12.6. The lowest BCUT2D eigenvalue weighted by atomic mass is 9.73. The molecule has 1 amide bonds. The SMILES string of the molecule is COCCCCC(O)(c1ccccc1Oc1cc(F)ccc1C)C1CCCN(C(=O)C2CC(N)C(O)C2)C1. The molecule has 1 saturated carbocycles. The number of aryl methyl sites for hydroxylation is 1. The molecule has 1 aliphatic heterocycles. The Hall–Kier alpha value is -2.52. The van der Waals surface area contributed by atoms with Crippen LogP contribution >= 0.6 is 0 Å². The molecule has 2 aromatic carbocycles. The van der Waals surface area contributed by atoms with Gasteiger partial charge in [-0.15, -0.1) is 0 Å². The number of aliphatic hydroxyl groups is 2. The normalized spacial score (nSPS) is 25.3. The van der Waals surface area contributed by atoms with E-state index < -0.39 is 17.5 Å². The van der Waals surface area contributed by atoms with E-state index >= 15 is 0 Å². The number of rotatable bonds is 10. The third kappa shape index (κ3) is 6.37. The summed E-state index contributed by atoms with van der Waals surface area (Å²) in [5, 5.41) is 22.5. The molecule has 8 heteroatoms. The maximum Gasteiger partial charge on any atom is 0.225 e. The van der Waals surface area contributed by atoms with Crippen molar-refractivity contribution >= 4 is 5.91 Å². The molecular formula is C30H41FN2O5. The molecule has 1 aliphatic carbocycles. The van der Waals surface area contributed by atoms with Crippen LogP contribution in [0.1, 0.15) is 56.1 Å². The highest BCUT2D eigenvalue weighted by Crippen LogP contribution is 2.45. The first-order chi connectivity index (χ1) is 18.2. The number of benzene rings is 2. The maximum atomic E-state index is 14.0. The van der Waals surface area contributed by atoms with Crippen molar-refractivity contribution in [1.29, 1.82) is 0 Å². The van der Waals surface area contributed by atoms with Gasteiger partial charge in [-0.3, -0.25) is 4.79 Å². The minimum absolute atomic E-state index is 0.00311. The Labute approximate surface area is 224 Å². The molecule has 1 saturated heterocycles. The van der Waals surface area contributed by atoms with Gasteiger partial charge in [-0.2, -0.15) is 0 Å². The van der Waals surface area contributed by atoms with Crippen molar-refractivity contribution in [3.8, 4) is 11.5 Å². The van der Waals surface area contributed by atoms with Crippen LogP contribution < -0.4 is 10.5 Å². The predicted octanol–water partition coefficient (Wildman–Crippen LogP) is 4.27. The highest BCUT2D eigenvalue weighted by atomic mass is 19.1. The van der Waals surface area contributed by atoms with E-state index in [1.165, 1.54) is 12.1 Å². The first kappa shape index (κ1) is 28.5. The summed E-state index contributed by atoms with van der Waals surface area (Å²) < 4.78 is 25.5. The van der Waals surface area contributed by atoms with Crippen LogP contribution in [0.4, 0.5) is 4.39 Å². The third-order valence-electron chi connectivity index (χ3n) is 8.21. The van der Waals surface area contributed by atoms with Crippen LogP contribution in [0.25, 0.3) is 0 Å². The Morgan fingerprint density at radius 2 is 1.97 bits per heavy atom. The minimum Gasteiger partial charge on any atom is -0.457 e. The lowest BCUT2D eigenvalue weighted by Gasteiger charge is -2.44. The Balaban J connectivity index is 1.62. The van der Waals surface area contributed by atoms with Gasteiger partial charge in [0.05, 0.1) is 11.7 Å². The largest absolute Gasteiger partial charge is 0.457 e. The maximum absolute atomic E-state index is 14.0. The first-order valence-corrected chi connectivity index (χ1v) is 13.7. The molecule has 2 fully saturated rings. The fraction of sp³-hybridized carbons (Fsp3) is 0.567. The summed E-state index contributed by atoms with van der Waals surface area (Å²) >= 11 is 0. The van der Waals surface area contributed by atoms with Crippen molar-refractivity contribution in [3.05, 3.63) is 59.4 Å². The van der Waals surface area contributed by atoms with Gasteiger partial charge in [-0.05, 0) is 69.6 Å². The van der Waals surface area contributed by atoms with Gasteiger partial charge in [0.25, 0.3) is 0 Å². The highest BCUT2D eigenvalue weighted by molar-refractivity contribution is 5.79. The molecule has 5 unspecified atom stereocenters. The zero-order valence-corrected chi connectivity index (χ0v) is 22.4. The number of carbonyl (C=O) groups is 1. The van der Waals surface area contributed by atoms with Gasteiger partial charge in [0.15, 0.2) is 0 Å². The van der Waals surface area contributed by atoms with Crippen LogP contribution in [0, 0.1) is 24.6 Å². The standard InChI is InChI=1S/C30H41FN2O5/c1-20-11-12-23(31)18-28(20)38-27-10-4-3-9-24(27)30(36,13-5-6-15-37-2)22-8-7-14-33(19-22)29(35)21-16-25(32)26(34)17-21/h3-4,9-12,18,21-22,25-26,34,36H,5-8,13-17,19,32H2,1-2H3. The van der Waals surface area contributed by atoms with Crippen molar-refractivity contribution in [2.24, 2.45) is 17.6 Å². The molecular weight excluding hydrogens is 487 g/mol. The van der Waals surface area contributed by atoms with Crippen LogP contribution in [0.3, 0.4) is 0 Å². The average molecular weight is 529 g/mol. The van der Waals surface area contributed by atoms with E-state index in [2.05, 4.69) is 0 Å². The number of likely N-dealkylation sites (tertiary alicyclic amines) is 1. The Morgan fingerprint density at radius 3 is 2.71 bits per heavy atom. The topological polar surface area (TPSA) is 105 Å². The van der Waals surface area contributed by atoms with Crippen molar-refractivity contribution in [2.75, 3.05) is 26.8 Å². The predicted molar refractivity (Wildman–Crippen MR) is 143 cm³/mol. The number of unbranched alkanes of at least 4 members (excludes halogenated alkanes) is 1. The minimum atomic E-state index is -1.27. The van der Waals surface area contributed by atoms with E-state index in [1.54, 1.807) is 19.2 Å². The summed E-state index contributed by atoms with van der Waals surface area (Å²) in [6, 6.07) is 11.4. The van der Waals surface area contributed by atoms with E-state index in [1.807, 2.05) is 30.0 Å². The quantitative estimate of drug-likeness (QED) is 0.398. The number of methoxy groups -OCH3 is 1. The fourth-order valence-corrected chi connectivity index (χ4v) is 5.99. The number of hydrogen-bond donors (Lipinski definition) is 3. The van der Waals surface area contributed by atoms with Crippen LogP contribution in [0.5, 0.6) is 11.5 Å². The van der Waals surface area contributed by atoms with E-state index in [-0.39, 0.29) is 23.8 Å². The monoisotopic (exact) mass is 528 g/mol. The molecule has 1 heterocycles. The van der Waals surface area contributed by atoms with E-state index in [0.29, 0.717) is 56.0 Å². The van der Waals surface area contributed by atoms with Gasteiger partial charge >= 0.3 is 0 Å². The number of amides is 1. The lowest BCUT2D eigenvalue weighted by molar-refractivity contribution is -0.141. The van der Waals surface area contributed by atoms with Crippen LogP contribution in [-0.4, -0.2) is 60.0 Å². The van der Waals surface area contributed by atoms with Crippen LogP contribution in [0.2, 0.25) is 0 Å². The van der Waals surface area contributed by atoms with Crippen molar-refractivity contribution in [1.82, 2.24) is 4.90 Å². The molecule has 4 N–H and O–H groups in total. The summed E-state index contributed by atoms with van der Waals surface area (Å²) in [4.78, 5) is 15.2. The van der Waals surface area contributed by atoms with Gasteiger partial charge < -0.3 is 30.3 Å². The van der Waals surface area contributed by atoms with Gasteiger partial charge in [-0.1, -0.05) is 24.3 Å². The van der Waals surface area contributed by atoms with Gasteiger partial charge in [-0.25, -0.2) is 4.39 Å². The summed E-state index contributed by atoms with van der Waals surface area (Å²) in [5.74, 6) is -0.0276. The van der Waals surface area contributed by atoms with Crippen molar-refractivity contribution < 1.29 is 28.9 Å². The number of nitrogens with zero attached hydrogens (tertiary/aromatic N) is 1. The number of para-hydroxylation sites is 1. The van der Waals surface area contributed by atoms with E-state index in [9.17, 15) is 19.4 Å². The summed E-state index contributed by atoms with van der Waals surface area (Å²) in [6.45, 7) is 3.48. The molecule has 4 rings (SSSR count). The smallest absolute Gasteiger partial charge is 0.225 e. The molecule has 2 aromatic rings. The number of carbonyl (C=O) groups excluding carboxylic acids is 1. The number of hydrogen-bond acceptors (Lipinski definition) is 6. The van der Waals surface area contributed by atoms with Crippen LogP contribution in [0.15, 0.2) is 42.5 Å². The van der Waals surface area contributed by atoms with Crippen LogP contribution in [-0.2, 0) is 15.1 Å². The van der Waals surface area contributed by atoms with Gasteiger partial charge in [0.2, 0.25) is 5.91 Å². The first-order valence-electron chi connectivity index (χ1n) is 13.7. The molecule has 7 nitrogen and oxygen atoms in total. The van der Waals surface area contributed by atoms with Gasteiger partial charge in [0.1, 0.15) is 17.3 Å². The second-order valence-electron chi connectivity index (χ2n) is 10.9. The Bertz CT molecular complexity index is 1090. The molecule has 2 aliphatic rings. The number of halogens is 1. The Morgan fingerprint density at radius 1 is 1.18 bits per heavy atom. The molecule has 0 aromatic heterocycles. The molecule has 208 valence electrons. The molecule has 0 bridgehead atoms. The molecule has 0 radical (unpaired) electrons. The van der Waals surface area contributed by atoms with Gasteiger partial charge in [0, 0.05) is 56.3 Å². The molecule has 5 atom stereocenters. The number of nitrogens with two attached hydrogens (primary N) is 1. The fourth-order valence-electron chi connectivity index (χ4n) is 5.99. The second-order valence-corrected chi connectivity index (χ2v) is 10.9. The van der Waals surface area contributed by atoms with E-state index in [0.717, 1.165) is 31.2 Å². The Kier molecular flexibility index (Phi) is 9.41. The summed E-state index contributed by atoms with van der Waals surface area (Å²) in [6.07, 6.45) is 3.72. The lowest BCUT2D eigenvalue weighted by Crippen LogP contribution is -2.49. The van der Waals surface area contributed by atoms with Crippen molar-refractivity contribution in [3.63, 3.8) is 0 Å². The average Bonchev–Trinajstić information content (AvgIpc) is 3.26. The summed E-state index contributed by atoms with van der Waals surface area (Å²) in [5.41, 5.74) is 6.14. The molecule has 0 spiro atoms. The zero-order chi connectivity index (χ0) is 27.3. The number of ether oxygens (including phenoxy) is 2. The summed E-state index contributed by atoms with van der Waals surface area (Å²) in [7, 11) is 1.66. The molecule has 38 heavy (non-hydrogen) atoms. The van der Waals surface area contributed by atoms with E-state index in [4.69, 9.17) is 15.2 Å². The van der Waals surface area contributed by atoms with Crippen molar-refractivity contribution in [2.45, 2.75) is 69.6 Å². The third-order valence-corrected chi connectivity index (χ3v) is 8.21.